The minimum absolute atomic E-state index is 0.0612. The Labute approximate surface area is 220 Å². The molecule has 2 aromatic heterocycles. The minimum atomic E-state index is -0.621. The highest BCUT2D eigenvalue weighted by molar-refractivity contribution is 6.03. The zero-order chi connectivity index (χ0) is 26.9. The number of anilines is 3. The summed E-state index contributed by atoms with van der Waals surface area (Å²) in [5, 5.41) is 18.5. The van der Waals surface area contributed by atoms with Crippen LogP contribution in [0.15, 0.2) is 24.4 Å². The Morgan fingerprint density at radius 1 is 1.32 bits per heavy atom. The number of nitrogens with zero attached hydrogens (tertiary/aromatic N) is 5. The van der Waals surface area contributed by atoms with Crippen molar-refractivity contribution in [3.63, 3.8) is 0 Å². The SMILES string of the molecule is COCCNc1cc(NC(=O)N2c3nc(C=O)ccc3C3(NC(=O)CN4CC(C)C4)CC2C3)ncc1C#N. The van der Waals surface area contributed by atoms with E-state index >= 15 is 0 Å². The number of aldehydes is 1. The van der Waals surface area contributed by atoms with Crippen molar-refractivity contribution in [3.05, 3.63) is 41.2 Å². The number of hydrogen-bond acceptors (Lipinski definition) is 9. The molecule has 3 N–H and O–H groups in total. The van der Waals surface area contributed by atoms with Crippen LogP contribution in [0.2, 0.25) is 0 Å². The molecule has 1 aliphatic carbocycles. The molecule has 3 aliphatic heterocycles. The monoisotopic (exact) mass is 518 g/mol. The third-order valence-electron chi connectivity index (χ3n) is 7.28. The number of urea groups is 1. The van der Waals surface area contributed by atoms with Crippen LogP contribution in [0.5, 0.6) is 0 Å². The lowest BCUT2D eigenvalue weighted by atomic mass is 9.64. The molecule has 198 valence electrons. The first-order valence-electron chi connectivity index (χ1n) is 12.6. The zero-order valence-corrected chi connectivity index (χ0v) is 21.4. The van der Waals surface area contributed by atoms with E-state index in [2.05, 4.69) is 43.8 Å². The zero-order valence-electron chi connectivity index (χ0n) is 21.4. The number of carbonyl (C=O) groups is 3. The van der Waals surface area contributed by atoms with E-state index in [-0.39, 0.29) is 23.5 Å². The quantitative estimate of drug-likeness (QED) is 0.332. The smallest absolute Gasteiger partial charge is 0.328 e. The number of likely N-dealkylation sites (tertiary alicyclic amines) is 1. The number of nitrogens with one attached hydrogen (secondary N) is 3. The third kappa shape index (κ3) is 4.78. The van der Waals surface area contributed by atoms with Crippen molar-refractivity contribution in [1.82, 2.24) is 20.2 Å². The molecule has 0 aromatic carbocycles. The van der Waals surface area contributed by atoms with Crippen molar-refractivity contribution in [1.29, 1.82) is 5.26 Å². The summed E-state index contributed by atoms with van der Waals surface area (Å²) in [5.74, 6) is 1.15. The molecule has 0 radical (unpaired) electrons. The van der Waals surface area contributed by atoms with Crippen LogP contribution in [0.25, 0.3) is 0 Å². The summed E-state index contributed by atoms with van der Waals surface area (Å²) in [6, 6.07) is 6.37. The minimum Gasteiger partial charge on any atom is -0.383 e. The Hall–Kier alpha value is -4.08. The Bertz CT molecular complexity index is 1300. The van der Waals surface area contributed by atoms with Gasteiger partial charge in [-0.25, -0.2) is 14.8 Å². The molecule has 38 heavy (non-hydrogen) atoms. The van der Waals surface area contributed by atoms with Crippen molar-refractivity contribution in [2.45, 2.75) is 31.3 Å². The van der Waals surface area contributed by atoms with Gasteiger partial charge in [0.15, 0.2) is 6.29 Å². The highest BCUT2D eigenvalue weighted by atomic mass is 16.5. The van der Waals surface area contributed by atoms with Gasteiger partial charge in [-0.15, -0.1) is 0 Å². The first-order valence-corrected chi connectivity index (χ1v) is 12.6. The molecule has 2 bridgehead atoms. The number of pyridine rings is 2. The highest BCUT2D eigenvalue weighted by Crippen LogP contribution is 2.53. The molecule has 3 amide bonds. The molecule has 1 saturated carbocycles. The summed E-state index contributed by atoms with van der Waals surface area (Å²) in [6.45, 7) is 5.23. The molecular formula is C26H30N8O4. The van der Waals surface area contributed by atoms with Crippen LogP contribution >= 0.6 is 0 Å². The van der Waals surface area contributed by atoms with E-state index in [4.69, 9.17) is 4.74 Å². The fourth-order valence-corrected chi connectivity index (χ4v) is 5.52. The molecule has 12 heteroatoms. The van der Waals surface area contributed by atoms with E-state index in [9.17, 15) is 19.6 Å². The normalized spacial score (nSPS) is 21.8. The van der Waals surface area contributed by atoms with Crippen molar-refractivity contribution in [2.24, 2.45) is 5.92 Å². The fourth-order valence-electron chi connectivity index (χ4n) is 5.52. The van der Waals surface area contributed by atoms with E-state index in [1.807, 2.05) is 0 Å². The van der Waals surface area contributed by atoms with Gasteiger partial charge in [0.25, 0.3) is 0 Å². The van der Waals surface area contributed by atoms with Crippen LogP contribution in [-0.4, -0.2) is 79.0 Å². The molecule has 2 fully saturated rings. The molecular weight excluding hydrogens is 488 g/mol. The number of rotatable bonds is 9. The summed E-state index contributed by atoms with van der Waals surface area (Å²) in [4.78, 5) is 50.1. The number of ether oxygens (including phenoxy) is 1. The van der Waals surface area contributed by atoms with Gasteiger partial charge in [0.1, 0.15) is 23.4 Å². The number of methoxy groups -OCH3 is 1. The number of carbonyl (C=O) groups excluding carboxylic acids is 3. The molecule has 12 nitrogen and oxygen atoms in total. The fraction of sp³-hybridized carbons (Fsp3) is 0.462. The Kier molecular flexibility index (Phi) is 6.96. The van der Waals surface area contributed by atoms with Gasteiger partial charge in [-0.1, -0.05) is 13.0 Å². The van der Waals surface area contributed by atoms with Gasteiger partial charge in [-0.3, -0.25) is 24.7 Å². The van der Waals surface area contributed by atoms with Crippen molar-refractivity contribution in [2.75, 3.05) is 55.4 Å². The molecule has 5 heterocycles. The van der Waals surface area contributed by atoms with Gasteiger partial charge >= 0.3 is 6.03 Å². The van der Waals surface area contributed by atoms with E-state index < -0.39 is 11.6 Å². The van der Waals surface area contributed by atoms with Gasteiger partial charge in [-0.05, 0) is 24.8 Å². The predicted octanol–water partition coefficient (Wildman–Crippen LogP) is 1.70. The molecule has 6 rings (SSSR count). The number of aromatic nitrogens is 2. The van der Waals surface area contributed by atoms with E-state index in [0.717, 1.165) is 13.1 Å². The maximum atomic E-state index is 13.5. The largest absolute Gasteiger partial charge is 0.383 e. The second-order valence-corrected chi connectivity index (χ2v) is 10.2. The van der Waals surface area contributed by atoms with Gasteiger partial charge in [0.2, 0.25) is 5.91 Å². The molecule has 1 saturated heterocycles. The standard InChI is InChI=1S/C26H30N8O4/c1-16-12-33(13-16)14-23(36)32-26-8-19(9-26)34(24-20(26)4-3-18(15-35)30-24)25(37)31-22-7-21(28-5-6-38-2)17(10-27)11-29-22/h3-4,7,11,15-16,19H,5-6,8-9,12-14H2,1-2H3,(H,32,36)(H2,28,29,31,37). The topological polar surface area (TPSA) is 153 Å². The number of amides is 3. The van der Waals surface area contributed by atoms with E-state index in [1.165, 1.54) is 11.1 Å². The Morgan fingerprint density at radius 2 is 2.11 bits per heavy atom. The van der Waals surface area contributed by atoms with Gasteiger partial charge in [0, 0.05) is 50.6 Å². The molecule has 0 unspecified atom stereocenters. The maximum absolute atomic E-state index is 13.5. The molecule has 4 aliphatic rings. The van der Waals surface area contributed by atoms with E-state index in [0.29, 0.717) is 67.4 Å². The lowest BCUT2D eigenvalue weighted by Gasteiger charge is -2.57. The van der Waals surface area contributed by atoms with Crippen LogP contribution in [0.3, 0.4) is 0 Å². The number of nitriles is 1. The summed E-state index contributed by atoms with van der Waals surface area (Å²) in [5.41, 5.74) is 1.15. The first-order chi connectivity index (χ1) is 18.4. The highest BCUT2D eigenvalue weighted by Gasteiger charge is 2.57. The summed E-state index contributed by atoms with van der Waals surface area (Å²) in [6.07, 6.45) is 3.11. The molecule has 0 atom stereocenters. The van der Waals surface area contributed by atoms with Gasteiger partial charge < -0.3 is 15.4 Å². The van der Waals surface area contributed by atoms with Gasteiger partial charge in [0.05, 0.1) is 29.9 Å². The Balaban J connectivity index is 1.36. The predicted molar refractivity (Wildman–Crippen MR) is 139 cm³/mol. The lowest BCUT2D eigenvalue weighted by Crippen LogP contribution is -2.68. The van der Waals surface area contributed by atoms with Crippen molar-refractivity contribution >= 4 is 35.5 Å². The molecule has 0 spiro atoms. The average Bonchev–Trinajstić information content (AvgIpc) is 2.87. The third-order valence-corrected chi connectivity index (χ3v) is 7.28. The van der Waals surface area contributed by atoms with Crippen molar-refractivity contribution in [3.8, 4) is 6.07 Å². The maximum Gasteiger partial charge on any atom is 0.328 e. The number of hydrogen-bond donors (Lipinski definition) is 3. The Morgan fingerprint density at radius 3 is 2.79 bits per heavy atom. The van der Waals surface area contributed by atoms with Crippen LogP contribution in [0.4, 0.5) is 22.1 Å². The van der Waals surface area contributed by atoms with Crippen LogP contribution in [-0.2, 0) is 15.1 Å². The molecule has 2 aromatic rings. The first kappa shape index (κ1) is 25.6. The van der Waals surface area contributed by atoms with Crippen LogP contribution in [0, 0.1) is 17.2 Å². The van der Waals surface area contributed by atoms with E-state index in [1.54, 1.807) is 25.3 Å². The lowest BCUT2D eigenvalue weighted by molar-refractivity contribution is -0.127. The van der Waals surface area contributed by atoms with Crippen LogP contribution < -0.4 is 20.9 Å². The summed E-state index contributed by atoms with van der Waals surface area (Å²) >= 11 is 0. The summed E-state index contributed by atoms with van der Waals surface area (Å²) < 4.78 is 5.05. The van der Waals surface area contributed by atoms with Crippen LogP contribution in [0.1, 0.15) is 41.4 Å². The second kappa shape index (κ2) is 10.4. The average molecular weight is 519 g/mol. The summed E-state index contributed by atoms with van der Waals surface area (Å²) in [7, 11) is 1.58. The van der Waals surface area contributed by atoms with Gasteiger partial charge in [-0.2, -0.15) is 5.26 Å². The van der Waals surface area contributed by atoms with Crippen molar-refractivity contribution < 1.29 is 19.1 Å². The second-order valence-electron chi connectivity index (χ2n) is 10.2.